The molecule has 5 nitrogen and oxygen atoms in total. The Labute approximate surface area is 167 Å². The van der Waals surface area contributed by atoms with Crippen LogP contribution < -0.4 is 10.9 Å². The Morgan fingerprint density at radius 2 is 1.79 bits per heavy atom. The first-order chi connectivity index (χ1) is 13.6. The fraction of sp³-hybridized carbons (Fsp3) is 0.227. The van der Waals surface area contributed by atoms with Gasteiger partial charge in [0, 0.05) is 17.2 Å². The first-order valence-corrected chi connectivity index (χ1v) is 10.3. The number of hydrogen-bond acceptors (Lipinski definition) is 4. The lowest BCUT2D eigenvalue weighted by Gasteiger charge is -2.16. The molecule has 0 amide bonds. The van der Waals surface area contributed by atoms with Crippen LogP contribution in [0.4, 0.5) is 0 Å². The van der Waals surface area contributed by atoms with E-state index >= 15 is 0 Å². The van der Waals surface area contributed by atoms with Crippen molar-refractivity contribution >= 4 is 16.3 Å². The lowest BCUT2D eigenvalue weighted by Crippen LogP contribution is -2.84. The molecule has 6 heteroatoms. The standard InChI is InChI=1S/C22H22N4OS/c1-3-19-25-26-20(27)13-18(24-22(26)28-19)14-23-21(16-7-5-4-6-8-16)17-11-9-15(2)10-12-17/h4-13,21,23H,3,14H2,1-2H3/p+1/t21-/m1/s1. The average molecular weight is 392 g/mol. The Morgan fingerprint density at radius 3 is 2.50 bits per heavy atom. The minimum Gasteiger partial charge on any atom is -0.331 e. The van der Waals surface area contributed by atoms with Gasteiger partial charge in [0.05, 0.1) is 0 Å². The van der Waals surface area contributed by atoms with E-state index in [4.69, 9.17) is 0 Å². The molecule has 0 saturated heterocycles. The van der Waals surface area contributed by atoms with Gasteiger partial charge in [0.25, 0.3) is 5.56 Å². The van der Waals surface area contributed by atoms with Gasteiger partial charge in [-0.25, -0.2) is 4.98 Å². The molecule has 2 aromatic heterocycles. The summed E-state index contributed by atoms with van der Waals surface area (Å²) in [5.41, 5.74) is 4.38. The molecule has 0 bridgehead atoms. The summed E-state index contributed by atoms with van der Waals surface area (Å²) < 4.78 is 1.40. The zero-order valence-corrected chi connectivity index (χ0v) is 16.8. The molecule has 2 aromatic carbocycles. The Morgan fingerprint density at radius 1 is 1.07 bits per heavy atom. The molecule has 2 N–H and O–H groups in total. The van der Waals surface area contributed by atoms with Crippen LogP contribution in [0, 0.1) is 6.92 Å². The lowest BCUT2D eigenvalue weighted by molar-refractivity contribution is -0.702. The Kier molecular flexibility index (Phi) is 5.32. The van der Waals surface area contributed by atoms with E-state index in [1.807, 2.05) is 13.0 Å². The van der Waals surface area contributed by atoms with Crippen molar-refractivity contribution in [1.82, 2.24) is 14.6 Å². The number of nitrogens with zero attached hydrogens (tertiary/aromatic N) is 3. The molecular weight excluding hydrogens is 368 g/mol. The zero-order valence-electron chi connectivity index (χ0n) is 16.0. The van der Waals surface area contributed by atoms with Gasteiger partial charge in [-0.15, -0.1) is 0 Å². The van der Waals surface area contributed by atoms with Crippen LogP contribution in [0.3, 0.4) is 0 Å². The molecule has 0 spiro atoms. The number of fused-ring (bicyclic) bond motifs is 1. The number of nitrogens with two attached hydrogens (primary N) is 1. The molecule has 4 aromatic rings. The Balaban J connectivity index is 1.63. The number of aryl methyl sites for hydroxylation is 2. The van der Waals surface area contributed by atoms with Crippen LogP contribution in [-0.2, 0) is 13.0 Å². The summed E-state index contributed by atoms with van der Waals surface area (Å²) in [5.74, 6) is 0. The molecular formula is C22H23N4OS+. The molecule has 0 aliphatic rings. The maximum absolute atomic E-state index is 12.4. The molecule has 0 unspecified atom stereocenters. The molecule has 4 rings (SSSR count). The van der Waals surface area contributed by atoms with Crippen LogP contribution in [-0.4, -0.2) is 14.6 Å². The summed E-state index contributed by atoms with van der Waals surface area (Å²) in [6, 6.07) is 20.8. The van der Waals surface area contributed by atoms with Crippen LogP contribution in [0.15, 0.2) is 65.5 Å². The monoisotopic (exact) mass is 391 g/mol. The molecule has 1 atom stereocenters. The van der Waals surface area contributed by atoms with Gasteiger partial charge in [-0.2, -0.15) is 9.61 Å². The fourth-order valence-electron chi connectivity index (χ4n) is 3.28. The quantitative estimate of drug-likeness (QED) is 0.550. The molecule has 0 aliphatic heterocycles. The van der Waals surface area contributed by atoms with Gasteiger partial charge < -0.3 is 5.32 Å². The van der Waals surface area contributed by atoms with E-state index in [9.17, 15) is 4.79 Å². The van der Waals surface area contributed by atoms with E-state index in [1.165, 1.54) is 32.5 Å². The van der Waals surface area contributed by atoms with E-state index in [0.717, 1.165) is 17.1 Å². The highest BCUT2D eigenvalue weighted by atomic mass is 32.1. The van der Waals surface area contributed by atoms with Crippen LogP contribution in [0.25, 0.3) is 4.96 Å². The third-order valence-corrected chi connectivity index (χ3v) is 5.85. The van der Waals surface area contributed by atoms with Crippen molar-refractivity contribution in [2.45, 2.75) is 32.9 Å². The highest BCUT2D eigenvalue weighted by Gasteiger charge is 2.18. The summed E-state index contributed by atoms with van der Waals surface area (Å²) in [6.45, 7) is 4.75. The van der Waals surface area contributed by atoms with E-state index in [2.05, 4.69) is 70.9 Å². The number of hydrogen-bond donors (Lipinski definition) is 1. The Hall–Kier alpha value is -2.83. The first-order valence-electron chi connectivity index (χ1n) is 9.47. The molecule has 0 saturated carbocycles. The highest BCUT2D eigenvalue weighted by molar-refractivity contribution is 7.16. The van der Waals surface area contributed by atoms with Gasteiger partial charge >= 0.3 is 0 Å². The van der Waals surface area contributed by atoms with Crippen molar-refractivity contribution in [3.8, 4) is 0 Å². The molecule has 28 heavy (non-hydrogen) atoms. The summed E-state index contributed by atoms with van der Waals surface area (Å²) in [6.07, 6.45) is 0.804. The fourth-order valence-corrected chi connectivity index (χ4v) is 4.14. The molecule has 0 aliphatic carbocycles. The minimum atomic E-state index is -0.115. The molecule has 0 fully saturated rings. The summed E-state index contributed by atoms with van der Waals surface area (Å²) in [5, 5.41) is 7.48. The Bertz CT molecular complexity index is 1130. The summed E-state index contributed by atoms with van der Waals surface area (Å²) in [4.78, 5) is 17.7. The van der Waals surface area contributed by atoms with Crippen LogP contribution >= 0.6 is 11.3 Å². The van der Waals surface area contributed by atoms with Crippen LogP contribution in [0.2, 0.25) is 0 Å². The first kappa shape index (κ1) is 18.5. The van der Waals surface area contributed by atoms with Gasteiger partial charge in [0.1, 0.15) is 23.3 Å². The second-order valence-corrected chi connectivity index (χ2v) is 7.91. The van der Waals surface area contributed by atoms with Crippen molar-refractivity contribution in [2.75, 3.05) is 0 Å². The van der Waals surface area contributed by atoms with Gasteiger partial charge in [-0.05, 0) is 13.3 Å². The average Bonchev–Trinajstić information content (AvgIpc) is 3.14. The highest BCUT2D eigenvalue weighted by Crippen LogP contribution is 2.19. The van der Waals surface area contributed by atoms with Crippen LogP contribution in [0.1, 0.15) is 40.4 Å². The van der Waals surface area contributed by atoms with Crippen molar-refractivity contribution in [2.24, 2.45) is 0 Å². The predicted molar refractivity (Wildman–Crippen MR) is 112 cm³/mol. The summed E-state index contributed by atoms with van der Waals surface area (Å²) in [7, 11) is 0. The number of quaternary nitrogens is 1. The van der Waals surface area contributed by atoms with E-state index in [0.29, 0.717) is 11.5 Å². The lowest BCUT2D eigenvalue weighted by atomic mass is 9.98. The molecule has 142 valence electrons. The third-order valence-electron chi connectivity index (χ3n) is 4.80. The van der Waals surface area contributed by atoms with Crippen molar-refractivity contribution < 1.29 is 5.32 Å². The number of rotatable bonds is 6. The molecule has 2 heterocycles. The zero-order chi connectivity index (χ0) is 19.5. The SMILES string of the molecule is CCc1nn2c(=O)cc(C[NH2+][C@H](c3ccccc3)c3ccc(C)cc3)nc2s1. The summed E-state index contributed by atoms with van der Waals surface area (Å²) >= 11 is 1.48. The smallest absolute Gasteiger partial charge is 0.275 e. The third kappa shape index (κ3) is 3.88. The predicted octanol–water partition coefficient (Wildman–Crippen LogP) is 2.87. The second-order valence-electron chi connectivity index (χ2n) is 6.87. The van der Waals surface area contributed by atoms with E-state index < -0.39 is 0 Å². The number of aromatic nitrogens is 3. The molecule has 0 radical (unpaired) electrons. The van der Waals surface area contributed by atoms with Gasteiger partial charge in [0.15, 0.2) is 0 Å². The van der Waals surface area contributed by atoms with Gasteiger partial charge in [-0.1, -0.05) is 78.4 Å². The minimum absolute atomic E-state index is 0.115. The van der Waals surface area contributed by atoms with E-state index in [1.54, 1.807) is 6.07 Å². The van der Waals surface area contributed by atoms with E-state index in [-0.39, 0.29) is 11.6 Å². The largest absolute Gasteiger partial charge is 0.331 e. The maximum atomic E-state index is 12.4. The second kappa shape index (κ2) is 8.04. The van der Waals surface area contributed by atoms with Crippen molar-refractivity contribution in [3.05, 3.63) is 98.4 Å². The van der Waals surface area contributed by atoms with Crippen molar-refractivity contribution in [3.63, 3.8) is 0 Å². The van der Waals surface area contributed by atoms with Crippen LogP contribution in [0.5, 0.6) is 0 Å². The van der Waals surface area contributed by atoms with Gasteiger partial charge in [0.2, 0.25) is 4.96 Å². The maximum Gasteiger partial charge on any atom is 0.275 e. The van der Waals surface area contributed by atoms with Crippen molar-refractivity contribution in [1.29, 1.82) is 0 Å². The normalized spacial score (nSPS) is 12.4. The van der Waals surface area contributed by atoms with Gasteiger partial charge in [-0.3, -0.25) is 4.79 Å². The topological polar surface area (TPSA) is 63.9 Å². The number of benzene rings is 2.